The lowest BCUT2D eigenvalue weighted by atomic mass is 10.0. The number of alkyl halides is 2. The summed E-state index contributed by atoms with van der Waals surface area (Å²) < 4.78 is 69.7. The number of ether oxygens (including phenoxy) is 3. The molecule has 1 aliphatic heterocycles. The normalized spacial score (nSPS) is 16.2. The maximum absolute atomic E-state index is 13.3. The molecule has 218 valence electrons. The van der Waals surface area contributed by atoms with Gasteiger partial charge in [-0.15, -0.1) is 11.8 Å². The largest absolute Gasteiger partial charge is 0.489 e. The minimum Gasteiger partial charge on any atom is -0.489 e. The molecule has 1 saturated carbocycles. The SMILES string of the molecule is CO[n+]1cc(Cl)c(CC(OC(=O)C2=C(NS(C)(=O)=O)CCS2)c2ccc(OC(F)F)c(OCC3CC3)c2)c(Cl)c1. The van der Waals surface area contributed by atoms with E-state index in [0.29, 0.717) is 35.8 Å². The monoisotopic (exact) mass is 639 g/mol. The van der Waals surface area contributed by atoms with Gasteiger partial charge in [0.05, 0.1) is 12.9 Å². The van der Waals surface area contributed by atoms with E-state index in [4.69, 9.17) is 37.5 Å². The Morgan fingerprint density at radius 2 is 1.90 bits per heavy atom. The van der Waals surface area contributed by atoms with E-state index in [0.717, 1.165) is 30.9 Å². The summed E-state index contributed by atoms with van der Waals surface area (Å²) >= 11 is 14.1. The van der Waals surface area contributed by atoms with E-state index in [2.05, 4.69) is 9.46 Å². The molecule has 0 saturated heterocycles. The Hall–Kier alpha value is -2.48. The number of nitrogens with zero attached hydrogens (tertiary/aromatic N) is 1. The van der Waals surface area contributed by atoms with Gasteiger partial charge in [0.1, 0.15) is 28.2 Å². The first kappa shape index (κ1) is 30.5. The number of carbonyl (C=O) groups is 1. The van der Waals surface area contributed by atoms with E-state index in [1.54, 1.807) is 0 Å². The predicted octanol–water partition coefficient (Wildman–Crippen LogP) is 4.45. The van der Waals surface area contributed by atoms with E-state index in [9.17, 15) is 22.0 Å². The van der Waals surface area contributed by atoms with Crippen molar-refractivity contribution in [2.24, 2.45) is 5.92 Å². The van der Waals surface area contributed by atoms with Crippen LogP contribution in [0.3, 0.4) is 0 Å². The average Bonchev–Trinajstić information content (AvgIpc) is 3.60. The highest BCUT2D eigenvalue weighted by atomic mass is 35.5. The van der Waals surface area contributed by atoms with Crippen molar-refractivity contribution in [3.63, 3.8) is 0 Å². The van der Waals surface area contributed by atoms with Crippen molar-refractivity contribution in [3.8, 4) is 11.5 Å². The molecule has 1 fully saturated rings. The van der Waals surface area contributed by atoms with Gasteiger partial charge in [-0.3, -0.25) is 9.56 Å². The quantitative estimate of drug-likeness (QED) is 0.253. The van der Waals surface area contributed by atoms with Crippen LogP contribution in [0, 0.1) is 5.92 Å². The summed E-state index contributed by atoms with van der Waals surface area (Å²) in [5, 5.41) is 0.458. The van der Waals surface area contributed by atoms with Gasteiger partial charge < -0.3 is 14.2 Å². The molecule has 1 aromatic carbocycles. The van der Waals surface area contributed by atoms with Crippen LogP contribution in [0.4, 0.5) is 8.78 Å². The van der Waals surface area contributed by atoms with Crippen molar-refractivity contribution in [2.45, 2.75) is 38.4 Å². The maximum Gasteiger partial charge on any atom is 0.387 e. The molecule has 0 radical (unpaired) electrons. The zero-order valence-electron chi connectivity index (χ0n) is 21.5. The number of nitrogens with one attached hydrogen (secondary N) is 1. The molecule has 0 bridgehead atoms. The summed E-state index contributed by atoms with van der Waals surface area (Å²) in [6, 6.07) is 4.27. The Morgan fingerprint density at radius 3 is 2.50 bits per heavy atom. The summed E-state index contributed by atoms with van der Waals surface area (Å²) in [5.41, 5.74) is 1.07. The van der Waals surface area contributed by atoms with Gasteiger partial charge in [0.15, 0.2) is 11.5 Å². The third-order valence-electron chi connectivity index (χ3n) is 6.00. The van der Waals surface area contributed by atoms with Crippen LogP contribution < -0.4 is 23.8 Å². The summed E-state index contributed by atoms with van der Waals surface area (Å²) in [6.07, 6.45) is 5.23. The Balaban J connectivity index is 1.70. The topological polar surface area (TPSA) is 104 Å². The number of hydrogen-bond acceptors (Lipinski definition) is 8. The van der Waals surface area contributed by atoms with Crippen molar-refractivity contribution < 1.29 is 45.8 Å². The van der Waals surface area contributed by atoms with Gasteiger partial charge >= 0.3 is 12.6 Å². The Labute approximate surface area is 244 Å². The van der Waals surface area contributed by atoms with Crippen LogP contribution >= 0.6 is 35.0 Å². The van der Waals surface area contributed by atoms with Crippen LogP contribution in [0.15, 0.2) is 41.2 Å². The minimum atomic E-state index is -3.62. The molecule has 1 N–H and O–H groups in total. The highest BCUT2D eigenvalue weighted by Crippen LogP contribution is 2.39. The molecule has 2 aliphatic rings. The number of allylic oxidation sites excluding steroid dienone is 1. The number of sulfonamides is 1. The van der Waals surface area contributed by atoms with Crippen molar-refractivity contribution >= 4 is 51.0 Å². The Kier molecular flexibility index (Phi) is 9.91. The second-order valence-corrected chi connectivity index (χ2v) is 12.9. The first-order valence-corrected chi connectivity index (χ1v) is 15.8. The highest BCUT2D eigenvalue weighted by molar-refractivity contribution is 8.04. The molecule has 15 heteroatoms. The van der Waals surface area contributed by atoms with Crippen LogP contribution in [0.25, 0.3) is 0 Å². The van der Waals surface area contributed by atoms with Gasteiger partial charge in [0.2, 0.25) is 22.4 Å². The number of rotatable bonds is 13. The molecule has 0 spiro atoms. The number of esters is 1. The number of halogens is 4. The predicted molar refractivity (Wildman–Crippen MR) is 145 cm³/mol. The molecule has 1 unspecified atom stereocenters. The summed E-state index contributed by atoms with van der Waals surface area (Å²) in [6.45, 7) is -2.74. The number of aromatic nitrogens is 1. The Morgan fingerprint density at radius 1 is 1.20 bits per heavy atom. The second-order valence-electron chi connectivity index (χ2n) is 9.19. The van der Waals surface area contributed by atoms with Gasteiger partial charge in [0.25, 0.3) is 0 Å². The fourth-order valence-electron chi connectivity index (χ4n) is 3.91. The lowest BCUT2D eigenvalue weighted by Gasteiger charge is -2.22. The lowest BCUT2D eigenvalue weighted by Crippen LogP contribution is -2.40. The van der Waals surface area contributed by atoms with Gasteiger partial charge in [0, 0.05) is 28.2 Å². The highest BCUT2D eigenvalue weighted by Gasteiger charge is 2.30. The fourth-order valence-corrected chi connectivity index (χ4v) is 6.23. The third kappa shape index (κ3) is 8.27. The van der Waals surface area contributed by atoms with Crippen molar-refractivity contribution in [1.29, 1.82) is 0 Å². The second kappa shape index (κ2) is 13.0. The maximum atomic E-state index is 13.3. The van der Waals surface area contributed by atoms with Crippen LogP contribution in [0.1, 0.15) is 36.5 Å². The number of thioether (sulfide) groups is 1. The molecule has 4 rings (SSSR count). The van der Waals surface area contributed by atoms with Crippen LogP contribution in [0.2, 0.25) is 10.0 Å². The van der Waals surface area contributed by atoms with E-state index in [1.165, 1.54) is 42.4 Å². The van der Waals surface area contributed by atoms with Crippen molar-refractivity contribution in [3.05, 3.63) is 62.4 Å². The van der Waals surface area contributed by atoms with Crippen LogP contribution in [-0.2, 0) is 26.0 Å². The molecule has 0 amide bonds. The molecule has 40 heavy (non-hydrogen) atoms. The molecule has 2 heterocycles. The number of hydrogen-bond donors (Lipinski definition) is 1. The Bertz CT molecular complexity index is 1380. The molecule has 1 atom stereocenters. The van der Waals surface area contributed by atoms with E-state index >= 15 is 0 Å². The van der Waals surface area contributed by atoms with Crippen LogP contribution in [-0.4, -0.2) is 46.7 Å². The standard InChI is InChI=1S/C25H26Cl2F2N2O7S2/c1-35-31-11-17(26)16(18(27)12-31)10-21(37-24(32)23-19(7-8-39-23)30-40(2,33)34)15-5-6-20(38-25(28)29)22(9-15)36-13-14-3-4-14/h5-6,9,11-12,14,21,25H,3-4,7-8,10,13H2,1-2H3/p+1. The van der Waals surface area contributed by atoms with Gasteiger partial charge in [-0.25, -0.2) is 13.2 Å². The number of benzene rings is 1. The zero-order valence-corrected chi connectivity index (χ0v) is 24.6. The summed E-state index contributed by atoms with van der Waals surface area (Å²) in [7, 11) is -2.19. The summed E-state index contributed by atoms with van der Waals surface area (Å²) in [4.78, 5) is 18.6. The molecule has 2 aromatic rings. The first-order valence-electron chi connectivity index (χ1n) is 12.1. The van der Waals surface area contributed by atoms with E-state index in [1.807, 2.05) is 0 Å². The lowest BCUT2D eigenvalue weighted by molar-refractivity contribution is -0.885. The number of pyridine rings is 1. The van der Waals surface area contributed by atoms with Crippen molar-refractivity contribution in [1.82, 2.24) is 4.72 Å². The van der Waals surface area contributed by atoms with Crippen LogP contribution in [0.5, 0.6) is 11.5 Å². The van der Waals surface area contributed by atoms with Gasteiger partial charge in [-0.05, 0) is 42.9 Å². The molecular formula is C25H27Cl2F2N2O7S2+. The average molecular weight is 641 g/mol. The van der Waals surface area contributed by atoms with Gasteiger partial charge in [-0.2, -0.15) is 8.78 Å². The number of carbonyl (C=O) groups excluding carboxylic acids is 1. The molecule has 1 aromatic heterocycles. The van der Waals surface area contributed by atoms with E-state index < -0.39 is 28.7 Å². The molecular weight excluding hydrogens is 613 g/mol. The third-order valence-corrected chi connectivity index (χ3v) is 8.38. The summed E-state index contributed by atoms with van der Waals surface area (Å²) in [5.74, 6) is -0.0309. The fraction of sp³-hybridized carbons (Fsp3) is 0.440. The van der Waals surface area contributed by atoms with Crippen molar-refractivity contribution in [2.75, 3.05) is 25.7 Å². The van der Waals surface area contributed by atoms with E-state index in [-0.39, 0.29) is 38.6 Å². The first-order chi connectivity index (χ1) is 18.9. The minimum absolute atomic E-state index is 0.00212. The zero-order chi connectivity index (χ0) is 29.0. The van der Waals surface area contributed by atoms with Gasteiger partial charge in [-0.1, -0.05) is 29.3 Å². The smallest absolute Gasteiger partial charge is 0.387 e. The molecule has 9 nitrogen and oxygen atoms in total. The molecule has 1 aliphatic carbocycles.